The van der Waals surface area contributed by atoms with E-state index in [1.807, 2.05) is 6.07 Å². The topological polar surface area (TPSA) is 109 Å². The summed E-state index contributed by atoms with van der Waals surface area (Å²) in [5.41, 5.74) is 5.17. The molecule has 2 rings (SSSR count). The predicted octanol–water partition coefficient (Wildman–Crippen LogP) is 1.76. The summed E-state index contributed by atoms with van der Waals surface area (Å²) in [6.07, 6.45) is 1.44. The van der Waals surface area contributed by atoms with Crippen molar-refractivity contribution in [2.45, 2.75) is 6.10 Å². The lowest BCUT2D eigenvalue weighted by Crippen LogP contribution is -2.39. The van der Waals surface area contributed by atoms with Gasteiger partial charge in [-0.15, -0.1) is 0 Å². The highest BCUT2D eigenvalue weighted by atomic mass is 127. The maximum absolute atomic E-state index is 11.3. The van der Waals surface area contributed by atoms with Crippen LogP contribution in [0, 0.1) is 3.57 Å². The molecule has 2 N–H and O–H groups in total. The molecule has 24 heavy (non-hydrogen) atoms. The summed E-state index contributed by atoms with van der Waals surface area (Å²) in [6, 6.07) is 9.95. The molecule has 1 aromatic heterocycles. The number of halogens is 1. The number of nitrogens with zero attached hydrogens (tertiary/aromatic N) is 1. The van der Waals surface area contributed by atoms with Crippen LogP contribution in [0.2, 0.25) is 0 Å². The highest BCUT2D eigenvalue weighted by Gasteiger charge is 2.22. The second kappa shape index (κ2) is 7.79. The first-order valence-corrected chi connectivity index (χ1v) is 9.90. The van der Waals surface area contributed by atoms with Crippen LogP contribution in [0.5, 0.6) is 17.4 Å². The third kappa shape index (κ3) is 5.96. The molecule has 0 radical (unpaired) electrons. The first kappa shape index (κ1) is 18.5. The number of hydrogen-bond acceptors (Lipinski definition) is 6. The van der Waals surface area contributed by atoms with E-state index in [1.54, 1.807) is 36.5 Å². The van der Waals surface area contributed by atoms with Crippen LogP contribution in [0.15, 0.2) is 42.6 Å². The largest absolute Gasteiger partial charge is 0.480 e. The van der Waals surface area contributed by atoms with Gasteiger partial charge in [0, 0.05) is 22.1 Å². The molecule has 1 atom stereocenters. The van der Waals surface area contributed by atoms with Gasteiger partial charge < -0.3 is 15.2 Å². The average molecular weight is 462 g/mol. The van der Waals surface area contributed by atoms with Crippen molar-refractivity contribution in [2.24, 2.45) is 5.73 Å². The summed E-state index contributed by atoms with van der Waals surface area (Å²) in [4.78, 5) is 15.4. The molecule has 2 aromatic rings. The van der Waals surface area contributed by atoms with Gasteiger partial charge in [0.2, 0.25) is 5.88 Å². The third-order valence-corrected chi connectivity index (χ3v) is 4.34. The summed E-state index contributed by atoms with van der Waals surface area (Å²) < 4.78 is 34.5. The van der Waals surface area contributed by atoms with E-state index in [0.717, 1.165) is 9.83 Å². The zero-order valence-electron chi connectivity index (χ0n) is 12.7. The monoisotopic (exact) mass is 462 g/mol. The van der Waals surface area contributed by atoms with Crippen LogP contribution in [0.1, 0.15) is 0 Å². The predicted molar refractivity (Wildman–Crippen MR) is 96.8 cm³/mol. The number of pyridine rings is 1. The summed E-state index contributed by atoms with van der Waals surface area (Å²) >= 11 is 2.14. The molecule has 0 spiro atoms. The van der Waals surface area contributed by atoms with Crippen LogP contribution >= 0.6 is 22.6 Å². The van der Waals surface area contributed by atoms with Crippen LogP contribution in [0.4, 0.5) is 0 Å². The van der Waals surface area contributed by atoms with E-state index in [1.165, 1.54) is 0 Å². The Hall–Kier alpha value is -1.88. The maximum Gasteiger partial charge on any atom is 0.259 e. The summed E-state index contributed by atoms with van der Waals surface area (Å²) in [6.45, 7) is 0. The molecule has 0 fully saturated rings. The summed E-state index contributed by atoms with van der Waals surface area (Å²) in [5.74, 6) is -0.0483. The molecule has 0 aliphatic rings. The fourth-order valence-corrected chi connectivity index (χ4v) is 2.84. The number of carbonyl (C=O) groups is 1. The number of amides is 1. The van der Waals surface area contributed by atoms with Gasteiger partial charge in [-0.05, 0) is 52.9 Å². The van der Waals surface area contributed by atoms with Crippen molar-refractivity contribution in [2.75, 3.05) is 12.0 Å². The minimum Gasteiger partial charge on any atom is -0.480 e. The number of ether oxygens (including phenoxy) is 2. The van der Waals surface area contributed by atoms with Crippen molar-refractivity contribution in [3.8, 4) is 17.4 Å². The van der Waals surface area contributed by atoms with Gasteiger partial charge in [-0.2, -0.15) is 0 Å². The lowest BCUT2D eigenvalue weighted by molar-refractivity contribution is -0.123. The van der Waals surface area contributed by atoms with Gasteiger partial charge in [-0.25, -0.2) is 13.4 Å². The van der Waals surface area contributed by atoms with E-state index in [2.05, 4.69) is 27.6 Å². The van der Waals surface area contributed by atoms with Gasteiger partial charge in [0.05, 0.1) is 5.75 Å². The van der Waals surface area contributed by atoms with Gasteiger partial charge >= 0.3 is 0 Å². The Labute approximate surface area is 153 Å². The van der Waals surface area contributed by atoms with Crippen molar-refractivity contribution in [1.82, 2.24) is 4.98 Å². The number of primary amides is 1. The Morgan fingerprint density at radius 1 is 1.21 bits per heavy atom. The fraction of sp³-hybridized carbons (Fsp3) is 0.200. The maximum atomic E-state index is 11.3. The standard InChI is InChI=1S/C15H15IN2O5S/c1-24(20,21)9-13(15(17)19)22-11-3-5-12(6-4-11)23-14-7-2-10(16)8-18-14/h2-8,13H,9H2,1H3,(H2,17,19). The molecule has 0 saturated carbocycles. The normalized spacial score (nSPS) is 12.4. The number of aromatic nitrogens is 1. The molecule has 0 aliphatic carbocycles. The van der Waals surface area contributed by atoms with E-state index in [-0.39, 0.29) is 0 Å². The quantitative estimate of drug-likeness (QED) is 0.629. The van der Waals surface area contributed by atoms with Crippen molar-refractivity contribution in [3.05, 3.63) is 46.2 Å². The lowest BCUT2D eigenvalue weighted by atomic mass is 10.3. The molecular formula is C15H15IN2O5S. The third-order valence-electron chi connectivity index (χ3n) is 2.80. The zero-order valence-corrected chi connectivity index (χ0v) is 15.7. The van der Waals surface area contributed by atoms with E-state index >= 15 is 0 Å². The number of nitrogens with two attached hydrogens (primary N) is 1. The van der Waals surface area contributed by atoms with E-state index in [0.29, 0.717) is 17.4 Å². The molecule has 9 heteroatoms. The number of benzene rings is 1. The second-order valence-electron chi connectivity index (χ2n) is 4.99. The van der Waals surface area contributed by atoms with Crippen LogP contribution in [0.25, 0.3) is 0 Å². The highest BCUT2D eigenvalue weighted by Crippen LogP contribution is 2.23. The van der Waals surface area contributed by atoms with Crippen molar-refractivity contribution in [1.29, 1.82) is 0 Å². The first-order valence-electron chi connectivity index (χ1n) is 6.76. The van der Waals surface area contributed by atoms with Crippen molar-refractivity contribution < 1.29 is 22.7 Å². The molecule has 1 aromatic carbocycles. The molecule has 1 heterocycles. The molecule has 7 nitrogen and oxygen atoms in total. The second-order valence-corrected chi connectivity index (χ2v) is 8.42. The summed E-state index contributed by atoms with van der Waals surface area (Å²) in [5, 5.41) is 0. The average Bonchev–Trinajstić information content (AvgIpc) is 2.49. The number of hydrogen-bond donors (Lipinski definition) is 1. The molecule has 0 bridgehead atoms. The van der Waals surface area contributed by atoms with Gasteiger partial charge in [0.1, 0.15) is 11.5 Å². The van der Waals surface area contributed by atoms with Crippen LogP contribution in [0.3, 0.4) is 0 Å². The van der Waals surface area contributed by atoms with Gasteiger partial charge in [0.25, 0.3) is 5.91 Å². The SMILES string of the molecule is CS(=O)(=O)CC(Oc1ccc(Oc2ccc(I)cn2)cc1)C(N)=O. The highest BCUT2D eigenvalue weighted by molar-refractivity contribution is 14.1. The zero-order chi connectivity index (χ0) is 17.7. The lowest BCUT2D eigenvalue weighted by Gasteiger charge is -2.15. The smallest absolute Gasteiger partial charge is 0.259 e. The molecule has 0 saturated heterocycles. The minimum atomic E-state index is -3.40. The number of carbonyl (C=O) groups excluding carboxylic acids is 1. The fourth-order valence-electron chi connectivity index (χ4n) is 1.74. The van der Waals surface area contributed by atoms with Gasteiger partial charge in [-0.1, -0.05) is 0 Å². The Kier molecular flexibility index (Phi) is 5.99. The van der Waals surface area contributed by atoms with Gasteiger partial charge in [-0.3, -0.25) is 4.79 Å². The molecular weight excluding hydrogens is 447 g/mol. The molecule has 128 valence electrons. The van der Waals surface area contributed by atoms with Gasteiger partial charge in [0.15, 0.2) is 15.9 Å². The minimum absolute atomic E-state index is 0.311. The van der Waals surface area contributed by atoms with E-state index < -0.39 is 27.6 Å². The van der Waals surface area contributed by atoms with Crippen molar-refractivity contribution >= 4 is 38.3 Å². The van der Waals surface area contributed by atoms with Crippen LogP contribution < -0.4 is 15.2 Å². The number of sulfone groups is 1. The van der Waals surface area contributed by atoms with E-state index in [4.69, 9.17) is 15.2 Å². The Morgan fingerprint density at radius 3 is 2.33 bits per heavy atom. The molecule has 1 amide bonds. The molecule has 0 aliphatic heterocycles. The Morgan fingerprint density at radius 2 is 1.83 bits per heavy atom. The van der Waals surface area contributed by atoms with E-state index in [9.17, 15) is 13.2 Å². The van der Waals surface area contributed by atoms with Crippen molar-refractivity contribution in [3.63, 3.8) is 0 Å². The van der Waals surface area contributed by atoms with Crippen LogP contribution in [-0.2, 0) is 14.6 Å². The molecule has 1 unspecified atom stereocenters. The summed E-state index contributed by atoms with van der Waals surface area (Å²) in [7, 11) is -3.40. The van der Waals surface area contributed by atoms with Crippen LogP contribution in [-0.4, -0.2) is 37.4 Å². The Balaban J connectivity index is 2.05. The number of rotatable bonds is 7. The Bertz CT molecular complexity index is 807. The first-order chi connectivity index (χ1) is 11.2.